The van der Waals surface area contributed by atoms with E-state index in [-0.39, 0.29) is 81.3 Å². The first-order valence-corrected chi connectivity index (χ1v) is 28.1. The second kappa shape index (κ2) is 21.0. The molecule has 2 unspecified atom stereocenters. The molecule has 4 heterocycles. The normalized spacial score (nSPS) is 15.8. The molecule has 2 fully saturated rings. The fraction of sp³-hybridized carbons (Fsp3) is 0.114. The van der Waals surface area contributed by atoms with Crippen LogP contribution < -0.4 is 28.7 Å². The van der Waals surface area contributed by atoms with E-state index in [2.05, 4.69) is 0 Å². The lowest BCUT2D eigenvalue weighted by Crippen LogP contribution is -2.48. The smallest absolute Gasteiger partial charge is 0.262 e. The average Bonchev–Trinajstić information content (AvgIpc) is 1.31. The van der Waals surface area contributed by atoms with Gasteiger partial charge < -0.3 is 38.2 Å². The summed E-state index contributed by atoms with van der Waals surface area (Å²) in [7, 11) is 0. The summed E-state index contributed by atoms with van der Waals surface area (Å²) in [6.07, 6.45) is -0.441. The summed E-state index contributed by atoms with van der Waals surface area (Å²) >= 11 is 0. The van der Waals surface area contributed by atoms with Crippen molar-refractivity contribution >= 4 is 89.9 Å². The Labute approximate surface area is 490 Å². The number of amides is 6. The second-order valence-corrected chi connectivity index (χ2v) is 21.3. The van der Waals surface area contributed by atoms with Crippen molar-refractivity contribution in [2.75, 3.05) is 49.2 Å². The van der Waals surface area contributed by atoms with Gasteiger partial charge in [-0.3, -0.25) is 38.6 Å². The number of anilines is 2. The van der Waals surface area contributed by atoms with Crippen molar-refractivity contribution in [2.24, 2.45) is 0 Å². The number of hydrogen-bond donors (Lipinski definition) is 0. The Kier molecular flexibility index (Phi) is 12.7. The minimum absolute atomic E-state index is 0.0370. The Morgan fingerprint density at radius 2 is 0.605 bits per heavy atom. The van der Waals surface area contributed by atoms with Crippen LogP contribution in [0.25, 0.3) is 43.1 Å². The van der Waals surface area contributed by atoms with Gasteiger partial charge in [-0.1, -0.05) is 109 Å². The minimum atomic E-state index is -0.766. The molecule has 4 aliphatic heterocycles. The molecule has 0 spiro atoms. The second-order valence-electron chi connectivity index (χ2n) is 21.3. The third-order valence-corrected chi connectivity index (χ3v) is 15.9. The first-order valence-electron chi connectivity index (χ1n) is 28.1. The van der Waals surface area contributed by atoms with Gasteiger partial charge in [0.15, 0.2) is 0 Å². The van der Waals surface area contributed by atoms with E-state index in [0.717, 1.165) is 9.80 Å². The molecule has 0 N–H and O–H groups in total. The van der Waals surface area contributed by atoms with E-state index in [1.54, 1.807) is 170 Å². The van der Waals surface area contributed by atoms with Gasteiger partial charge in [0.25, 0.3) is 23.6 Å². The molecule has 16 nitrogen and oxygen atoms in total. The maximum absolute atomic E-state index is 15.7. The summed E-state index contributed by atoms with van der Waals surface area (Å²) in [4.78, 5) is 97.0. The molecule has 15 rings (SSSR count). The summed E-state index contributed by atoms with van der Waals surface area (Å²) in [5.41, 5.74) is 1.29. The van der Waals surface area contributed by atoms with Crippen molar-refractivity contribution in [3.05, 3.63) is 229 Å². The summed E-state index contributed by atoms with van der Waals surface area (Å²) in [6.45, 7) is 0.0597. The Bertz CT molecular complexity index is 4060. The highest BCUT2D eigenvalue weighted by Gasteiger charge is 2.44. The molecule has 11 aromatic carbocycles. The number of hydrogen-bond acceptors (Lipinski definition) is 12. The molecule has 2 saturated heterocycles. The largest absolute Gasteiger partial charge is 0.457 e. The number of carbonyl (C=O) groups excluding carboxylic acids is 6. The molecule has 0 radical (unpaired) electrons. The summed E-state index contributed by atoms with van der Waals surface area (Å²) in [5.74, 6) is -2.15. The van der Waals surface area contributed by atoms with Crippen LogP contribution in [-0.4, -0.2) is 96.8 Å². The van der Waals surface area contributed by atoms with Gasteiger partial charge in [-0.2, -0.15) is 0 Å². The van der Waals surface area contributed by atoms with Crippen LogP contribution in [0, 0.1) is 0 Å². The molecule has 86 heavy (non-hydrogen) atoms. The van der Waals surface area contributed by atoms with Crippen molar-refractivity contribution in [3.63, 3.8) is 0 Å². The Morgan fingerprint density at radius 1 is 0.360 bits per heavy atom. The topological polar surface area (TPSA) is 177 Å². The fourth-order valence-electron chi connectivity index (χ4n) is 11.8. The fourth-order valence-corrected chi connectivity index (χ4v) is 11.8. The van der Waals surface area contributed by atoms with Gasteiger partial charge in [0.1, 0.15) is 59.1 Å². The Morgan fingerprint density at radius 3 is 0.849 bits per heavy atom. The van der Waals surface area contributed by atoms with E-state index in [4.69, 9.17) is 28.4 Å². The number of epoxide rings is 2. The van der Waals surface area contributed by atoms with Gasteiger partial charge in [-0.05, 0) is 97.1 Å². The third-order valence-electron chi connectivity index (χ3n) is 15.9. The summed E-state index contributed by atoms with van der Waals surface area (Å²) < 4.78 is 39.2. The number of imide groups is 2. The molecular formula is C70H48N4O12. The predicted molar refractivity (Wildman–Crippen MR) is 322 cm³/mol. The van der Waals surface area contributed by atoms with Crippen molar-refractivity contribution in [1.82, 2.24) is 9.80 Å². The quantitative estimate of drug-likeness (QED) is 0.0344. The minimum Gasteiger partial charge on any atom is -0.457 e. The summed E-state index contributed by atoms with van der Waals surface area (Å²) in [6, 6.07) is 60.1. The van der Waals surface area contributed by atoms with Gasteiger partial charge in [-0.15, -0.1) is 0 Å². The van der Waals surface area contributed by atoms with Gasteiger partial charge >= 0.3 is 0 Å². The monoisotopic (exact) mass is 1140 g/mol. The van der Waals surface area contributed by atoms with Gasteiger partial charge in [0, 0.05) is 54.5 Å². The molecule has 420 valence electrons. The zero-order valence-corrected chi connectivity index (χ0v) is 45.7. The zero-order valence-electron chi connectivity index (χ0n) is 45.7. The van der Waals surface area contributed by atoms with Crippen LogP contribution in [0.5, 0.6) is 46.0 Å². The highest BCUT2D eigenvalue weighted by atomic mass is 16.6. The van der Waals surface area contributed by atoms with E-state index >= 15 is 19.2 Å². The van der Waals surface area contributed by atoms with Crippen LogP contribution in [0.2, 0.25) is 0 Å². The third kappa shape index (κ3) is 9.20. The zero-order chi connectivity index (χ0) is 58.2. The molecule has 16 heteroatoms. The highest BCUT2D eigenvalue weighted by Crippen LogP contribution is 2.58. The molecule has 0 saturated carbocycles. The van der Waals surface area contributed by atoms with Crippen molar-refractivity contribution < 1.29 is 57.2 Å². The maximum Gasteiger partial charge on any atom is 0.262 e. The maximum atomic E-state index is 15.7. The van der Waals surface area contributed by atoms with Crippen LogP contribution in [0.1, 0.15) is 41.4 Å². The van der Waals surface area contributed by atoms with E-state index < -0.39 is 48.5 Å². The van der Waals surface area contributed by atoms with E-state index in [0.29, 0.717) is 79.9 Å². The predicted octanol–water partition coefficient (Wildman–Crippen LogP) is 13.0. The number of carbonyl (C=O) groups is 6. The molecular weight excluding hydrogens is 1090 g/mol. The van der Waals surface area contributed by atoms with Gasteiger partial charge in [-0.25, -0.2) is 0 Å². The van der Waals surface area contributed by atoms with Crippen LogP contribution in [0.4, 0.5) is 11.4 Å². The number of para-hydroxylation sites is 6. The van der Waals surface area contributed by atoms with Crippen LogP contribution >= 0.6 is 0 Å². The number of ether oxygens (including phenoxy) is 6. The Hall–Kier alpha value is -10.9. The van der Waals surface area contributed by atoms with E-state index in [1.807, 2.05) is 36.4 Å². The number of nitrogens with zero attached hydrogens (tertiary/aromatic N) is 4. The molecule has 0 bridgehead atoms. The number of benzene rings is 11. The van der Waals surface area contributed by atoms with Crippen LogP contribution in [-0.2, 0) is 19.1 Å². The van der Waals surface area contributed by atoms with Crippen LogP contribution in [0.3, 0.4) is 0 Å². The van der Waals surface area contributed by atoms with Crippen molar-refractivity contribution in [2.45, 2.75) is 12.2 Å². The Balaban J connectivity index is 1.03. The number of rotatable bonds is 18. The average molecular weight is 1140 g/mol. The molecule has 0 aliphatic carbocycles. The van der Waals surface area contributed by atoms with Gasteiger partial charge in [0.2, 0.25) is 11.8 Å². The van der Waals surface area contributed by atoms with Crippen molar-refractivity contribution in [3.8, 4) is 46.0 Å². The van der Waals surface area contributed by atoms with Crippen LogP contribution in [0.15, 0.2) is 206 Å². The highest BCUT2D eigenvalue weighted by molar-refractivity contribution is 6.45. The SMILES string of the molecule is O=C1c2cc(Oc3ccccc3)c3c4c(Oc5ccccc5)cc5c6c(cc(Oc7ccccc7)c(c7c(Oc8ccccc8)cc(c2c37)C(=O)N1CC(=O)N(CC1CO1)c1ccccc1)c64)C(=O)N(CC(=O)N(CC1CO1)c1ccccc1)C5=O. The molecule has 6 amide bonds. The number of fused-ring (bicyclic) bond motifs is 2. The lowest BCUT2D eigenvalue weighted by Gasteiger charge is -2.33. The lowest BCUT2D eigenvalue weighted by atomic mass is 9.80. The molecule has 11 aromatic rings. The standard InChI is InChI=1S/C70H48N4O12/c75-57(71(35-47-39-81-47)41-19-7-1-8-20-41)37-73-67(77)49-31-53(83-43-23-11-3-12-24-43)61-63-55(85-45-27-15-5-16-28-45)33-51-60-52(70(80)74(69(51)79)38-58(76)72(36-48-40-82-48)42-21-9-2-10-22-42)34-56(86-46-29-17-6-18-30-46)64(66(60)63)62-54(84-44-25-13-4-14-26-44)32-50(68(73)78)59(49)65(61)62/h1-34,47-48H,35-40H2. The molecule has 0 aromatic heterocycles. The summed E-state index contributed by atoms with van der Waals surface area (Å²) in [5, 5.41) is 2.33. The first-order chi connectivity index (χ1) is 42.1. The lowest BCUT2D eigenvalue weighted by molar-refractivity contribution is -0.119. The van der Waals surface area contributed by atoms with E-state index in [1.165, 1.54) is 9.80 Å². The van der Waals surface area contributed by atoms with E-state index in [9.17, 15) is 9.59 Å². The van der Waals surface area contributed by atoms with Crippen molar-refractivity contribution in [1.29, 1.82) is 0 Å². The van der Waals surface area contributed by atoms with Gasteiger partial charge in [0.05, 0.1) is 60.8 Å². The molecule has 2 atom stereocenters. The first kappa shape index (κ1) is 51.9. The molecule has 4 aliphatic rings.